The molecule has 1 N–H and O–H groups in total. The van der Waals surface area contributed by atoms with Crippen LogP contribution >= 0.6 is 11.6 Å². The van der Waals surface area contributed by atoms with E-state index in [0.717, 1.165) is 0 Å². The lowest BCUT2D eigenvalue weighted by atomic mass is 9.89. The number of hydrogen-bond donors (Lipinski definition) is 1. The van der Waals surface area contributed by atoms with Crippen LogP contribution in [-0.2, 0) is 9.59 Å². The maximum Gasteiger partial charge on any atom is 0.227 e. The van der Waals surface area contributed by atoms with Crippen molar-refractivity contribution in [2.24, 2.45) is 0 Å². The predicted octanol–water partition coefficient (Wildman–Crippen LogP) is 1.86. The van der Waals surface area contributed by atoms with Crippen molar-refractivity contribution in [2.75, 3.05) is 0 Å². The van der Waals surface area contributed by atoms with E-state index in [-0.39, 0.29) is 47.6 Å². The van der Waals surface area contributed by atoms with E-state index in [1.807, 2.05) is 0 Å². The quantitative estimate of drug-likeness (QED) is 0.745. The van der Waals surface area contributed by atoms with Crippen LogP contribution < -0.4 is 5.32 Å². The molecular formula is C11H10ClNO2. The van der Waals surface area contributed by atoms with Crippen LogP contribution in [0.2, 0.25) is 5.02 Å². The maximum absolute atomic E-state index is 11.3. The van der Waals surface area contributed by atoms with E-state index in [1.165, 1.54) is 0 Å². The lowest BCUT2D eigenvalue weighted by molar-refractivity contribution is -0.133. The number of carbonyl (C=O) groups excluding carboxylic acids is 2. The summed E-state index contributed by atoms with van der Waals surface area (Å²) in [6.45, 7) is 0. The van der Waals surface area contributed by atoms with Crippen molar-refractivity contribution < 1.29 is 15.1 Å². The second-order valence-corrected chi connectivity index (χ2v) is 3.68. The second kappa shape index (κ2) is 4.03. The predicted molar refractivity (Wildman–Crippen MR) is 56.6 cm³/mol. The summed E-state index contributed by atoms with van der Waals surface area (Å²) in [6, 6.07) is -1.29. The zero-order valence-corrected chi connectivity index (χ0v) is 8.44. The number of imide groups is 1. The fourth-order valence-electron chi connectivity index (χ4n) is 1.49. The third-order valence-corrected chi connectivity index (χ3v) is 2.35. The van der Waals surface area contributed by atoms with Crippen molar-refractivity contribution >= 4 is 23.4 Å². The zero-order valence-electron chi connectivity index (χ0n) is 11.7. The Balaban J connectivity index is 2.56. The average molecular weight is 228 g/mol. The Morgan fingerprint density at radius 3 is 2.27 bits per heavy atom. The summed E-state index contributed by atoms with van der Waals surface area (Å²) in [5.74, 6) is -1.60. The Morgan fingerprint density at radius 1 is 1.20 bits per heavy atom. The van der Waals surface area contributed by atoms with Crippen molar-refractivity contribution in [1.29, 1.82) is 0 Å². The van der Waals surface area contributed by atoms with Crippen LogP contribution in [0.25, 0.3) is 0 Å². The summed E-state index contributed by atoms with van der Waals surface area (Å²) in [5.41, 5.74) is 0.0719. The standard InChI is InChI=1S/C11H10ClNO2/c12-9-3-1-7(2-4-9)8-5-10(14)13-11(15)6-8/h1-4,8H,5-6H2,(H,13,14,15)/i1D,2D,3D,4D. The van der Waals surface area contributed by atoms with Crippen LogP contribution in [0.5, 0.6) is 0 Å². The van der Waals surface area contributed by atoms with Crippen molar-refractivity contribution in [3.05, 3.63) is 34.8 Å². The molecule has 0 aromatic heterocycles. The fraction of sp³-hybridized carbons (Fsp3) is 0.273. The molecule has 4 heteroatoms. The first-order valence-corrected chi connectivity index (χ1v) is 4.79. The van der Waals surface area contributed by atoms with E-state index in [0.29, 0.717) is 0 Å². The SMILES string of the molecule is [2H]c1c([2H])c(C2CC(=O)NC(=O)C2)c([2H])c([2H])c1Cl. The number of hydrogen-bond acceptors (Lipinski definition) is 2. The van der Waals surface area contributed by atoms with Crippen LogP contribution in [0.3, 0.4) is 0 Å². The van der Waals surface area contributed by atoms with Gasteiger partial charge in [-0.05, 0) is 17.6 Å². The van der Waals surface area contributed by atoms with Crippen molar-refractivity contribution in [2.45, 2.75) is 18.8 Å². The Hall–Kier alpha value is -1.35. The molecule has 3 nitrogen and oxygen atoms in total. The molecule has 0 unspecified atom stereocenters. The van der Waals surface area contributed by atoms with Gasteiger partial charge in [-0.1, -0.05) is 23.7 Å². The summed E-state index contributed by atoms with van der Waals surface area (Å²) in [7, 11) is 0. The fourth-order valence-corrected chi connectivity index (χ4v) is 1.59. The molecule has 1 aliphatic rings. The van der Waals surface area contributed by atoms with Gasteiger partial charge in [0.05, 0.1) is 5.48 Å². The third-order valence-electron chi connectivity index (χ3n) is 2.16. The maximum atomic E-state index is 11.3. The molecule has 15 heavy (non-hydrogen) atoms. The zero-order chi connectivity index (χ0) is 14.3. The van der Waals surface area contributed by atoms with Crippen molar-refractivity contribution in [3.8, 4) is 0 Å². The van der Waals surface area contributed by atoms with Gasteiger partial charge in [0.1, 0.15) is 0 Å². The number of halogens is 1. The van der Waals surface area contributed by atoms with Crippen LogP contribution in [0, 0.1) is 0 Å². The lowest BCUT2D eigenvalue weighted by Gasteiger charge is -2.21. The number of piperidine rings is 1. The highest BCUT2D eigenvalue weighted by molar-refractivity contribution is 6.30. The molecule has 1 heterocycles. The van der Waals surface area contributed by atoms with Gasteiger partial charge in [0.25, 0.3) is 0 Å². The monoisotopic (exact) mass is 227 g/mol. The molecule has 0 aliphatic carbocycles. The van der Waals surface area contributed by atoms with E-state index in [2.05, 4.69) is 5.32 Å². The number of amides is 2. The van der Waals surface area contributed by atoms with Crippen molar-refractivity contribution in [3.63, 3.8) is 0 Å². The number of carbonyl (C=O) groups is 2. The van der Waals surface area contributed by atoms with Crippen molar-refractivity contribution in [1.82, 2.24) is 5.32 Å². The smallest absolute Gasteiger partial charge is 0.227 e. The minimum absolute atomic E-state index is 0.0377. The van der Waals surface area contributed by atoms with E-state index in [9.17, 15) is 9.59 Å². The largest absolute Gasteiger partial charge is 0.296 e. The number of benzene rings is 1. The van der Waals surface area contributed by atoms with Gasteiger partial charge in [0, 0.05) is 23.8 Å². The van der Waals surface area contributed by atoms with Gasteiger partial charge in [-0.2, -0.15) is 0 Å². The molecule has 78 valence electrons. The Morgan fingerprint density at radius 2 is 1.73 bits per heavy atom. The minimum Gasteiger partial charge on any atom is -0.296 e. The molecule has 0 spiro atoms. The molecule has 2 amide bonds. The van der Waals surface area contributed by atoms with E-state index < -0.39 is 17.7 Å². The van der Waals surface area contributed by atoms with E-state index in [4.69, 9.17) is 17.1 Å². The summed E-state index contributed by atoms with van der Waals surface area (Å²) in [6.07, 6.45) is -0.0754. The first kappa shape index (κ1) is 6.28. The van der Waals surface area contributed by atoms with Gasteiger partial charge in [-0.25, -0.2) is 0 Å². The van der Waals surface area contributed by atoms with Crippen LogP contribution in [0.4, 0.5) is 0 Å². The molecule has 0 bridgehead atoms. The topological polar surface area (TPSA) is 46.2 Å². The van der Waals surface area contributed by atoms with Gasteiger partial charge in [-0.3, -0.25) is 14.9 Å². The number of rotatable bonds is 1. The van der Waals surface area contributed by atoms with Crippen LogP contribution in [0.1, 0.15) is 29.8 Å². The minimum atomic E-state index is -0.647. The van der Waals surface area contributed by atoms with Gasteiger partial charge < -0.3 is 0 Å². The van der Waals surface area contributed by atoms with Gasteiger partial charge in [0.2, 0.25) is 11.8 Å². The Labute approximate surface area is 98.0 Å². The molecule has 1 aliphatic heterocycles. The molecule has 1 saturated heterocycles. The molecular weight excluding hydrogens is 214 g/mol. The van der Waals surface area contributed by atoms with Gasteiger partial charge >= 0.3 is 0 Å². The van der Waals surface area contributed by atoms with Crippen LogP contribution in [0.15, 0.2) is 24.2 Å². The average Bonchev–Trinajstić information content (AvgIpc) is 2.33. The highest BCUT2D eigenvalue weighted by Crippen LogP contribution is 2.26. The molecule has 1 fully saturated rings. The first-order chi connectivity index (χ1) is 8.82. The highest BCUT2D eigenvalue weighted by atomic mass is 35.5. The molecule has 2 rings (SSSR count). The van der Waals surface area contributed by atoms with Gasteiger partial charge in [0.15, 0.2) is 0 Å². The molecule has 1 aromatic rings. The third kappa shape index (κ3) is 2.36. The van der Waals surface area contributed by atoms with Crippen LogP contribution in [-0.4, -0.2) is 11.8 Å². The summed E-state index contributed by atoms with van der Waals surface area (Å²) in [4.78, 5) is 22.7. The summed E-state index contributed by atoms with van der Waals surface area (Å²) in [5, 5.41) is 1.88. The molecule has 0 saturated carbocycles. The normalized spacial score (nSPS) is 21.4. The molecule has 0 atom stereocenters. The number of nitrogens with one attached hydrogen (secondary N) is 1. The highest BCUT2D eigenvalue weighted by Gasteiger charge is 2.25. The van der Waals surface area contributed by atoms with E-state index in [1.54, 1.807) is 0 Å². The molecule has 0 radical (unpaired) electrons. The summed E-state index contributed by atoms with van der Waals surface area (Å²) < 4.78 is 30.9. The summed E-state index contributed by atoms with van der Waals surface area (Å²) >= 11 is 5.70. The lowest BCUT2D eigenvalue weighted by Crippen LogP contribution is -2.37. The Kier molecular flexibility index (Phi) is 1.69. The molecule has 1 aromatic carbocycles. The van der Waals surface area contributed by atoms with Gasteiger partial charge in [-0.15, -0.1) is 0 Å². The second-order valence-electron chi connectivity index (χ2n) is 3.30. The van der Waals surface area contributed by atoms with E-state index >= 15 is 0 Å². The Bertz CT molecular complexity index is 546. The first-order valence-electron chi connectivity index (χ1n) is 6.41.